The number of hydrogen-bond acceptors (Lipinski definition) is 4. The van der Waals surface area contributed by atoms with Crippen LogP contribution >= 0.6 is 15.9 Å². The molecule has 0 N–H and O–H groups in total. The van der Waals surface area contributed by atoms with Gasteiger partial charge in [0.2, 0.25) is 5.91 Å². The second-order valence-corrected chi connectivity index (χ2v) is 7.95. The second-order valence-electron chi connectivity index (χ2n) is 7.16. The Morgan fingerprint density at radius 3 is 2.50 bits per heavy atom. The highest BCUT2D eigenvalue weighted by Crippen LogP contribution is 2.31. The molecule has 2 amide bonds. The zero-order chi connectivity index (χ0) is 21.6. The third-order valence-corrected chi connectivity index (χ3v) is 6.19. The first-order valence-electron chi connectivity index (χ1n) is 9.35. The fourth-order valence-corrected chi connectivity index (χ4v) is 4.45. The Labute approximate surface area is 179 Å². The van der Waals surface area contributed by atoms with Gasteiger partial charge in [-0.05, 0) is 52.2 Å². The summed E-state index contributed by atoms with van der Waals surface area (Å²) in [5.74, 6) is -0.556. The van der Waals surface area contributed by atoms with Crippen molar-refractivity contribution in [2.75, 3.05) is 7.11 Å². The number of methoxy groups -OCH3 is 1. The molecule has 1 aromatic heterocycles. The molecule has 4 rings (SSSR count). The number of imide groups is 1. The predicted molar refractivity (Wildman–Crippen MR) is 112 cm³/mol. The number of piperidine rings is 1. The number of rotatable bonds is 4. The summed E-state index contributed by atoms with van der Waals surface area (Å²) in [6.07, 6.45) is 0.350. The number of aryl methyl sites for hydroxylation is 1. The van der Waals surface area contributed by atoms with Gasteiger partial charge in [0, 0.05) is 13.5 Å². The van der Waals surface area contributed by atoms with E-state index in [1.54, 1.807) is 31.4 Å². The highest BCUT2D eigenvalue weighted by atomic mass is 79.9. The Hall–Kier alpha value is -2.94. The van der Waals surface area contributed by atoms with Crippen LogP contribution in [0.15, 0.2) is 45.7 Å². The topological polar surface area (TPSA) is 73.5 Å². The van der Waals surface area contributed by atoms with E-state index in [9.17, 15) is 18.8 Å². The van der Waals surface area contributed by atoms with Crippen LogP contribution in [0, 0.1) is 5.82 Å². The minimum absolute atomic E-state index is 0.107. The van der Waals surface area contributed by atoms with Gasteiger partial charge in [-0.1, -0.05) is 12.1 Å². The van der Waals surface area contributed by atoms with E-state index >= 15 is 0 Å². The van der Waals surface area contributed by atoms with Gasteiger partial charge in [-0.2, -0.15) is 0 Å². The number of halogens is 2. The number of imidazole rings is 1. The maximum absolute atomic E-state index is 14.0. The normalized spacial score (nSPS) is 17.1. The average molecular weight is 476 g/mol. The third-order valence-electron chi connectivity index (χ3n) is 5.43. The van der Waals surface area contributed by atoms with E-state index in [-0.39, 0.29) is 29.8 Å². The summed E-state index contributed by atoms with van der Waals surface area (Å²) in [5, 5.41) is 0. The van der Waals surface area contributed by atoms with Gasteiger partial charge in [-0.25, -0.2) is 9.18 Å². The molecule has 0 radical (unpaired) electrons. The van der Waals surface area contributed by atoms with Gasteiger partial charge in [0.1, 0.15) is 17.6 Å². The molecule has 156 valence electrons. The highest BCUT2D eigenvalue weighted by molar-refractivity contribution is 9.10. The summed E-state index contributed by atoms with van der Waals surface area (Å²) < 4.78 is 22.0. The van der Waals surface area contributed by atoms with E-state index < -0.39 is 23.5 Å². The number of fused-ring (bicyclic) bond motifs is 1. The molecule has 2 heterocycles. The Morgan fingerprint density at radius 2 is 1.83 bits per heavy atom. The molecule has 1 atom stereocenters. The summed E-state index contributed by atoms with van der Waals surface area (Å²) in [4.78, 5) is 39.8. The first-order valence-corrected chi connectivity index (χ1v) is 10.1. The van der Waals surface area contributed by atoms with Crippen molar-refractivity contribution in [3.63, 3.8) is 0 Å². The molecule has 9 heteroatoms. The molecule has 7 nitrogen and oxygen atoms in total. The number of benzene rings is 2. The molecule has 2 aromatic carbocycles. The summed E-state index contributed by atoms with van der Waals surface area (Å²) in [6, 6.07) is 8.97. The molecule has 0 bridgehead atoms. The fraction of sp³-hybridized carbons (Fsp3) is 0.286. The van der Waals surface area contributed by atoms with Crippen LogP contribution in [0.3, 0.4) is 0 Å². The standard InChI is InChI=1S/C21H19BrFN3O4/c1-24-19-15(8-7-14(23)18(19)22)26(21(24)29)16-9-10-17(27)25(20(16)28)11-12-3-5-13(30-2)6-4-12/h3-8,16H,9-11H2,1-2H3. The number of amides is 2. The first kappa shape index (κ1) is 20.3. The summed E-state index contributed by atoms with van der Waals surface area (Å²) in [7, 11) is 3.09. The van der Waals surface area contributed by atoms with Crippen molar-refractivity contribution < 1.29 is 18.7 Å². The lowest BCUT2D eigenvalue weighted by atomic mass is 10.0. The fourth-order valence-electron chi connectivity index (χ4n) is 3.85. The zero-order valence-corrected chi connectivity index (χ0v) is 18.0. The van der Waals surface area contributed by atoms with Gasteiger partial charge < -0.3 is 4.74 Å². The van der Waals surface area contributed by atoms with E-state index in [4.69, 9.17) is 4.74 Å². The van der Waals surface area contributed by atoms with Crippen molar-refractivity contribution in [1.29, 1.82) is 0 Å². The maximum Gasteiger partial charge on any atom is 0.329 e. The van der Waals surface area contributed by atoms with Gasteiger partial charge in [-0.3, -0.25) is 23.6 Å². The van der Waals surface area contributed by atoms with Gasteiger partial charge in [-0.15, -0.1) is 0 Å². The van der Waals surface area contributed by atoms with Crippen molar-refractivity contribution in [3.05, 3.63) is 62.7 Å². The Kier molecular flexibility index (Phi) is 5.23. The molecular weight excluding hydrogens is 457 g/mol. The van der Waals surface area contributed by atoms with E-state index in [1.807, 2.05) is 0 Å². The summed E-state index contributed by atoms with van der Waals surface area (Å²) in [5.41, 5.74) is 1.14. The lowest BCUT2D eigenvalue weighted by Gasteiger charge is -2.31. The van der Waals surface area contributed by atoms with Crippen molar-refractivity contribution >= 4 is 38.8 Å². The molecule has 0 spiro atoms. The smallest absolute Gasteiger partial charge is 0.329 e. The minimum Gasteiger partial charge on any atom is -0.497 e. The van der Waals surface area contributed by atoms with Crippen LogP contribution in [0.2, 0.25) is 0 Å². The van der Waals surface area contributed by atoms with Crippen molar-refractivity contribution in [2.24, 2.45) is 7.05 Å². The predicted octanol–water partition coefficient (Wildman–Crippen LogP) is 3.14. The van der Waals surface area contributed by atoms with E-state index in [0.717, 1.165) is 5.56 Å². The molecule has 3 aromatic rings. The van der Waals surface area contributed by atoms with E-state index in [1.165, 1.54) is 33.2 Å². The SMILES string of the molecule is COc1ccc(CN2C(=O)CCC(n3c(=O)n(C)c4c(Br)c(F)ccc43)C2=O)cc1. The number of carbonyl (C=O) groups excluding carboxylic acids is 2. The van der Waals surface area contributed by atoms with Crippen LogP contribution in [0.5, 0.6) is 5.75 Å². The molecule has 1 aliphatic rings. The lowest BCUT2D eigenvalue weighted by molar-refractivity contribution is -0.151. The van der Waals surface area contributed by atoms with E-state index in [2.05, 4.69) is 15.9 Å². The van der Waals surface area contributed by atoms with Crippen LogP contribution in [-0.4, -0.2) is 33.0 Å². The van der Waals surface area contributed by atoms with Crippen LogP contribution in [0.4, 0.5) is 4.39 Å². The zero-order valence-electron chi connectivity index (χ0n) is 16.4. The molecule has 1 fully saturated rings. The average Bonchev–Trinajstić information content (AvgIpc) is 2.99. The Bertz CT molecular complexity index is 1220. The molecular formula is C21H19BrFN3O4. The lowest BCUT2D eigenvalue weighted by Crippen LogP contribution is -2.47. The summed E-state index contributed by atoms with van der Waals surface area (Å²) in [6.45, 7) is 0.107. The molecule has 1 unspecified atom stereocenters. The number of aromatic nitrogens is 2. The van der Waals surface area contributed by atoms with Gasteiger partial charge in [0.05, 0.1) is 29.2 Å². The number of likely N-dealkylation sites (tertiary alicyclic amines) is 1. The van der Waals surface area contributed by atoms with Crippen LogP contribution < -0.4 is 10.4 Å². The largest absolute Gasteiger partial charge is 0.497 e. The second kappa shape index (κ2) is 7.71. The summed E-state index contributed by atoms with van der Waals surface area (Å²) >= 11 is 3.19. The van der Waals surface area contributed by atoms with Crippen LogP contribution in [0.1, 0.15) is 24.4 Å². The van der Waals surface area contributed by atoms with Crippen molar-refractivity contribution in [1.82, 2.24) is 14.0 Å². The molecule has 1 saturated heterocycles. The van der Waals surface area contributed by atoms with E-state index in [0.29, 0.717) is 16.8 Å². The van der Waals surface area contributed by atoms with Gasteiger partial charge in [0.15, 0.2) is 0 Å². The van der Waals surface area contributed by atoms with Crippen molar-refractivity contribution in [2.45, 2.75) is 25.4 Å². The Morgan fingerprint density at radius 1 is 1.13 bits per heavy atom. The quantitative estimate of drug-likeness (QED) is 0.543. The van der Waals surface area contributed by atoms with Crippen LogP contribution in [-0.2, 0) is 23.2 Å². The number of hydrogen-bond donors (Lipinski definition) is 0. The van der Waals surface area contributed by atoms with Gasteiger partial charge >= 0.3 is 5.69 Å². The Balaban J connectivity index is 1.73. The third kappa shape index (κ3) is 3.23. The molecule has 30 heavy (non-hydrogen) atoms. The van der Waals surface area contributed by atoms with Gasteiger partial charge in [0.25, 0.3) is 5.91 Å². The highest BCUT2D eigenvalue weighted by Gasteiger charge is 2.37. The number of nitrogens with zero attached hydrogens (tertiary/aromatic N) is 3. The molecule has 0 saturated carbocycles. The number of carbonyl (C=O) groups is 2. The maximum atomic E-state index is 14.0. The first-order chi connectivity index (χ1) is 14.3. The monoisotopic (exact) mass is 475 g/mol. The molecule has 1 aliphatic heterocycles. The number of ether oxygens (including phenoxy) is 1. The minimum atomic E-state index is -0.838. The van der Waals surface area contributed by atoms with Crippen LogP contribution in [0.25, 0.3) is 11.0 Å². The van der Waals surface area contributed by atoms with Crippen molar-refractivity contribution in [3.8, 4) is 5.75 Å². The molecule has 0 aliphatic carbocycles.